The van der Waals surface area contributed by atoms with E-state index in [9.17, 15) is 14.4 Å². The van der Waals surface area contributed by atoms with Gasteiger partial charge < -0.3 is 15.7 Å². The van der Waals surface area contributed by atoms with Crippen LogP contribution >= 0.6 is 0 Å². The van der Waals surface area contributed by atoms with E-state index >= 15 is 0 Å². The van der Waals surface area contributed by atoms with Crippen molar-refractivity contribution < 1.29 is 19.5 Å². The smallest absolute Gasteiger partial charge is 0.320 e. The van der Waals surface area contributed by atoms with Crippen LogP contribution < -0.4 is 11.1 Å². The van der Waals surface area contributed by atoms with Gasteiger partial charge in [0.05, 0.1) is 12.5 Å². The Morgan fingerprint density at radius 2 is 2.00 bits per heavy atom. The Labute approximate surface area is 117 Å². The van der Waals surface area contributed by atoms with Crippen molar-refractivity contribution in [2.45, 2.75) is 31.7 Å². The molecule has 1 saturated heterocycles. The first kappa shape index (κ1) is 14.8. The molecular formula is C13H21N3O4. The van der Waals surface area contributed by atoms with Gasteiger partial charge in [0.2, 0.25) is 11.8 Å². The van der Waals surface area contributed by atoms with Crippen LogP contribution in [-0.4, -0.2) is 53.5 Å². The summed E-state index contributed by atoms with van der Waals surface area (Å²) in [5, 5.41) is 11.9. The molecule has 0 bridgehead atoms. The van der Waals surface area contributed by atoms with E-state index in [4.69, 9.17) is 10.8 Å². The lowest BCUT2D eigenvalue weighted by Crippen LogP contribution is -2.49. The van der Waals surface area contributed by atoms with Gasteiger partial charge in [0.25, 0.3) is 0 Å². The normalized spacial score (nSPS) is 24.2. The number of carbonyl (C=O) groups is 3. The highest BCUT2D eigenvalue weighted by Gasteiger charge is 2.36. The first-order valence-electron chi connectivity index (χ1n) is 7.02. The topological polar surface area (TPSA) is 113 Å². The van der Waals surface area contributed by atoms with Gasteiger partial charge in [0.1, 0.15) is 6.04 Å². The summed E-state index contributed by atoms with van der Waals surface area (Å²) in [4.78, 5) is 35.9. The minimum absolute atomic E-state index is 0.00104. The average molecular weight is 283 g/mol. The van der Waals surface area contributed by atoms with Crippen molar-refractivity contribution in [1.82, 2.24) is 10.2 Å². The fourth-order valence-corrected chi connectivity index (χ4v) is 2.63. The van der Waals surface area contributed by atoms with E-state index < -0.39 is 12.0 Å². The summed E-state index contributed by atoms with van der Waals surface area (Å²) in [6, 6.07) is -0.643. The third-order valence-electron chi connectivity index (χ3n) is 4.01. The third-order valence-corrected chi connectivity index (χ3v) is 4.01. The van der Waals surface area contributed by atoms with Crippen LogP contribution in [0.3, 0.4) is 0 Å². The van der Waals surface area contributed by atoms with E-state index in [1.165, 1.54) is 0 Å². The molecular weight excluding hydrogens is 262 g/mol. The van der Waals surface area contributed by atoms with Crippen LogP contribution in [-0.2, 0) is 14.4 Å². The van der Waals surface area contributed by atoms with Gasteiger partial charge in [-0.1, -0.05) is 0 Å². The van der Waals surface area contributed by atoms with Crippen LogP contribution in [0, 0.1) is 11.8 Å². The first-order valence-corrected chi connectivity index (χ1v) is 7.02. The highest BCUT2D eigenvalue weighted by Crippen LogP contribution is 2.32. The molecule has 0 aromatic carbocycles. The maximum Gasteiger partial charge on any atom is 0.320 e. The number of carbonyl (C=O) groups excluding carboxylic acids is 2. The molecule has 1 saturated carbocycles. The van der Waals surface area contributed by atoms with Gasteiger partial charge in [-0.05, 0) is 31.6 Å². The second-order valence-electron chi connectivity index (χ2n) is 5.62. The van der Waals surface area contributed by atoms with Crippen molar-refractivity contribution in [3.8, 4) is 0 Å². The van der Waals surface area contributed by atoms with Crippen molar-refractivity contribution in [1.29, 1.82) is 0 Å². The minimum Gasteiger partial charge on any atom is -0.480 e. The number of nitrogens with zero attached hydrogens (tertiary/aromatic N) is 1. The zero-order valence-corrected chi connectivity index (χ0v) is 11.4. The van der Waals surface area contributed by atoms with Crippen molar-refractivity contribution >= 4 is 17.8 Å². The SMILES string of the molecule is NC(=O)C1CCCN(C(=O)CNC(C(=O)O)C2CC2)C1. The van der Waals surface area contributed by atoms with Crippen molar-refractivity contribution in [3.63, 3.8) is 0 Å². The van der Waals surface area contributed by atoms with Gasteiger partial charge in [0, 0.05) is 13.1 Å². The molecule has 7 nitrogen and oxygen atoms in total. The van der Waals surface area contributed by atoms with Gasteiger partial charge in [0.15, 0.2) is 0 Å². The second-order valence-corrected chi connectivity index (χ2v) is 5.62. The van der Waals surface area contributed by atoms with E-state index in [1.807, 2.05) is 0 Å². The highest BCUT2D eigenvalue weighted by atomic mass is 16.4. The molecule has 112 valence electrons. The maximum absolute atomic E-state index is 12.1. The molecule has 2 rings (SSSR count). The Balaban J connectivity index is 1.81. The van der Waals surface area contributed by atoms with E-state index in [-0.39, 0.29) is 30.2 Å². The van der Waals surface area contributed by atoms with Crippen molar-refractivity contribution in [2.75, 3.05) is 19.6 Å². The number of nitrogens with one attached hydrogen (secondary N) is 1. The van der Waals surface area contributed by atoms with Crippen LogP contribution in [0.2, 0.25) is 0 Å². The lowest BCUT2D eigenvalue weighted by atomic mass is 9.97. The number of nitrogens with two attached hydrogens (primary N) is 1. The van der Waals surface area contributed by atoms with E-state index in [0.717, 1.165) is 19.3 Å². The molecule has 1 aliphatic carbocycles. The molecule has 4 N–H and O–H groups in total. The molecule has 20 heavy (non-hydrogen) atoms. The predicted molar refractivity (Wildman–Crippen MR) is 70.6 cm³/mol. The number of piperidine rings is 1. The fourth-order valence-electron chi connectivity index (χ4n) is 2.63. The summed E-state index contributed by atoms with van der Waals surface area (Å²) in [6.45, 7) is 0.946. The number of aliphatic carboxylic acids is 1. The Morgan fingerprint density at radius 3 is 2.55 bits per heavy atom. The maximum atomic E-state index is 12.1. The number of hydrogen-bond acceptors (Lipinski definition) is 4. The van der Waals surface area contributed by atoms with Gasteiger partial charge in [-0.25, -0.2) is 0 Å². The largest absolute Gasteiger partial charge is 0.480 e. The predicted octanol–water partition coefficient (Wildman–Crippen LogP) is -0.837. The molecule has 0 aromatic heterocycles. The van der Waals surface area contributed by atoms with E-state index in [0.29, 0.717) is 19.5 Å². The number of carboxylic acid groups (broad SMARTS) is 1. The van der Waals surface area contributed by atoms with Crippen molar-refractivity contribution in [3.05, 3.63) is 0 Å². The van der Waals surface area contributed by atoms with E-state index in [1.54, 1.807) is 4.90 Å². The molecule has 2 atom stereocenters. The summed E-state index contributed by atoms with van der Waals surface area (Å²) in [6.07, 6.45) is 3.26. The van der Waals surface area contributed by atoms with Crippen LogP contribution in [0.25, 0.3) is 0 Å². The van der Waals surface area contributed by atoms with Crippen LogP contribution in [0.5, 0.6) is 0 Å². The lowest BCUT2D eigenvalue weighted by molar-refractivity contribution is -0.140. The molecule has 2 fully saturated rings. The summed E-state index contributed by atoms with van der Waals surface area (Å²) in [5.74, 6) is -1.60. The molecule has 1 heterocycles. The monoisotopic (exact) mass is 283 g/mol. The number of carboxylic acids is 1. The van der Waals surface area contributed by atoms with Crippen molar-refractivity contribution in [2.24, 2.45) is 17.6 Å². The lowest BCUT2D eigenvalue weighted by Gasteiger charge is -2.31. The molecule has 2 aliphatic rings. The summed E-state index contributed by atoms with van der Waals surface area (Å²) < 4.78 is 0. The number of primary amides is 1. The van der Waals surface area contributed by atoms with Gasteiger partial charge in [-0.3, -0.25) is 19.7 Å². The molecule has 0 spiro atoms. The van der Waals surface area contributed by atoms with E-state index in [2.05, 4.69) is 5.32 Å². The number of amides is 2. The summed E-state index contributed by atoms with van der Waals surface area (Å²) in [7, 11) is 0. The zero-order valence-electron chi connectivity index (χ0n) is 11.4. The van der Waals surface area contributed by atoms with Gasteiger partial charge in [-0.2, -0.15) is 0 Å². The quantitative estimate of drug-likeness (QED) is 0.588. The fraction of sp³-hybridized carbons (Fsp3) is 0.769. The molecule has 1 aliphatic heterocycles. The highest BCUT2D eigenvalue weighted by molar-refractivity contribution is 5.82. The molecule has 7 heteroatoms. The average Bonchev–Trinajstić information content (AvgIpc) is 3.23. The Hall–Kier alpha value is -1.63. The Kier molecular flexibility index (Phi) is 4.59. The standard InChI is InChI=1S/C13H21N3O4/c14-12(18)9-2-1-5-16(7-9)10(17)6-15-11(13(19)20)8-3-4-8/h8-9,11,15H,1-7H2,(H2,14,18)(H,19,20). The number of rotatable bonds is 6. The second kappa shape index (κ2) is 6.21. The minimum atomic E-state index is -0.908. The van der Waals surface area contributed by atoms with Crippen LogP contribution in [0.1, 0.15) is 25.7 Å². The third kappa shape index (κ3) is 3.69. The van der Waals surface area contributed by atoms with Crippen LogP contribution in [0.4, 0.5) is 0 Å². The number of hydrogen-bond donors (Lipinski definition) is 3. The van der Waals surface area contributed by atoms with Crippen LogP contribution in [0.15, 0.2) is 0 Å². The molecule has 2 amide bonds. The van der Waals surface area contributed by atoms with Gasteiger partial charge in [-0.15, -0.1) is 0 Å². The summed E-state index contributed by atoms with van der Waals surface area (Å²) >= 11 is 0. The molecule has 0 aromatic rings. The summed E-state index contributed by atoms with van der Waals surface area (Å²) in [5.41, 5.74) is 5.27. The molecule has 2 unspecified atom stereocenters. The zero-order chi connectivity index (χ0) is 14.7. The Morgan fingerprint density at radius 1 is 1.30 bits per heavy atom. The number of likely N-dealkylation sites (tertiary alicyclic amines) is 1. The van der Waals surface area contributed by atoms with Gasteiger partial charge >= 0.3 is 5.97 Å². The molecule has 0 radical (unpaired) electrons. The Bertz CT molecular complexity index is 408. The first-order chi connectivity index (χ1) is 9.49.